The average molecular weight is 509 g/mol. The van der Waals surface area contributed by atoms with Crippen LogP contribution in [0.15, 0.2) is 36.5 Å². The third-order valence-corrected chi connectivity index (χ3v) is 10.8. The lowest BCUT2D eigenvalue weighted by Crippen LogP contribution is -2.73. The Bertz CT molecular complexity index is 990. The smallest absolute Gasteiger partial charge is 0.327 e. The molecule has 0 radical (unpaired) electrons. The molecule has 1 aliphatic rings. The van der Waals surface area contributed by atoms with Crippen LogP contribution in [0.5, 0.6) is 0 Å². The van der Waals surface area contributed by atoms with Gasteiger partial charge in [0.05, 0.1) is 16.0 Å². The summed E-state index contributed by atoms with van der Waals surface area (Å²) in [6.45, 7) is 11.7. The van der Waals surface area contributed by atoms with E-state index in [2.05, 4.69) is 33.9 Å². The second-order valence-corrected chi connectivity index (χ2v) is 14.6. The standard InChI is InChI=1S/C22H32N4O8Si/c1-16(34-35(5,6)22(2,3)4)20-21(28)24(23(20)12-7-13-25(29)30)14-19(27)33-15-17-8-10-18(11-9-17)26(31)32/h7-11,13,16,20H,12,14-15H2,1-6H3/b13-7+/t16-,20+/m1/s1. The number of rotatable bonds is 11. The summed E-state index contributed by atoms with van der Waals surface area (Å²) in [6.07, 6.45) is 1.60. The summed E-state index contributed by atoms with van der Waals surface area (Å²) in [7, 11) is -2.19. The lowest BCUT2D eigenvalue weighted by atomic mass is 10.1. The predicted octanol–water partition coefficient (Wildman–Crippen LogP) is 3.27. The van der Waals surface area contributed by atoms with E-state index < -0.39 is 36.3 Å². The van der Waals surface area contributed by atoms with Crippen LogP contribution in [0.1, 0.15) is 33.3 Å². The highest BCUT2D eigenvalue weighted by Crippen LogP contribution is 2.39. The molecule has 1 fully saturated rings. The second-order valence-electron chi connectivity index (χ2n) is 9.80. The molecule has 0 saturated carbocycles. The molecule has 0 aliphatic carbocycles. The van der Waals surface area contributed by atoms with Crippen molar-refractivity contribution in [3.05, 3.63) is 62.3 Å². The van der Waals surface area contributed by atoms with Gasteiger partial charge in [-0.05, 0) is 42.8 Å². The fourth-order valence-electron chi connectivity index (χ4n) is 3.32. The van der Waals surface area contributed by atoms with Crippen molar-refractivity contribution < 1.29 is 28.6 Å². The summed E-state index contributed by atoms with van der Waals surface area (Å²) in [6, 6.07) is 4.87. The Morgan fingerprint density at radius 3 is 2.31 bits per heavy atom. The second kappa shape index (κ2) is 11.1. The lowest BCUT2D eigenvalue weighted by Gasteiger charge is -2.52. The van der Waals surface area contributed by atoms with Gasteiger partial charge in [0, 0.05) is 24.8 Å². The van der Waals surface area contributed by atoms with E-state index >= 15 is 0 Å². The van der Waals surface area contributed by atoms with Gasteiger partial charge in [-0.1, -0.05) is 20.8 Å². The van der Waals surface area contributed by atoms with E-state index in [4.69, 9.17) is 9.16 Å². The van der Waals surface area contributed by atoms with Gasteiger partial charge < -0.3 is 9.16 Å². The number of hydrogen-bond acceptors (Lipinski definition) is 9. The van der Waals surface area contributed by atoms with Crippen LogP contribution < -0.4 is 0 Å². The van der Waals surface area contributed by atoms with Crippen molar-refractivity contribution in [2.45, 2.75) is 64.6 Å². The summed E-state index contributed by atoms with van der Waals surface area (Å²) in [4.78, 5) is 45.7. The molecule has 1 aromatic rings. The van der Waals surface area contributed by atoms with Crippen LogP contribution in [0.4, 0.5) is 5.69 Å². The maximum atomic E-state index is 12.9. The Morgan fingerprint density at radius 1 is 1.20 bits per heavy atom. The summed E-state index contributed by atoms with van der Waals surface area (Å²) < 4.78 is 11.6. The third-order valence-electron chi connectivity index (χ3n) is 6.22. The molecular formula is C22H32N4O8Si. The number of non-ortho nitro benzene ring substituents is 1. The fraction of sp³-hybridized carbons (Fsp3) is 0.545. The molecule has 1 amide bonds. The van der Waals surface area contributed by atoms with Crippen LogP contribution in [0.2, 0.25) is 18.1 Å². The highest BCUT2D eigenvalue weighted by Gasteiger charge is 2.51. The minimum atomic E-state index is -2.19. The minimum Gasteiger partial charge on any atom is -0.459 e. The van der Waals surface area contributed by atoms with E-state index in [0.717, 1.165) is 6.20 Å². The minimum absolute atomic E-state index is 0.0399. The van der Waals surface area contributed by atoms with Crippen LogP contribution in [0.25, 0.3) is 0 Å². The topological polar surface area (TPSA) is 145 Å². The van der Waals surface area contributed by atoms with Gasteiger partial charge in [0.2, 0.25) is 6.20 Å². The van der Waals surface area contributed by atoms with Crippen molar-refractivity contribution in [3.63, 3.8) is 0 Å². The van der Waals surface area contributed by atoms with Crippen molar-refractivity contribution in [1.82, 2.24) is 10.0 Å². The van der Waals surface area contributed by atoms with Gasteiger partial charge >= 0.3 is 5.97 Å². The van der Waals surface area contributed by atoms with Crippen LogP contribution in [-0.4, -0.2) is 65.3 Å². The van der Waals surface area contributed by atoms with E-state index in [1.165, 1.54) is 35.4 Å². The van der Waals surface area contributed by atoms with Gasteiger partial charge in [-0.3, -0.25) is 34.8 Å². The molecule has 0 bridgehead atoms. The number of esters is 1. The lowest BCUT2D eigenvalue weighted by molar-refractivity contribution is -0.402. The molecule has 1 heterocycles. The van der Waals surface area contributed by atoms with Crippen molar-refractivity contribution in [2.75, 3.05) is 13.1 Å². The van der Waals surface area contributed by atoms with Gasteiger partial charge in [0.15, 0.2) is 8.32 Å². The number of carbonyl (C=O) groups excluding carboxylic acids is 2. The van der Waals surface area contributed by atoms with E-state index in [-0.39, 0.29) is 36.3 Å². The molecule has 0 N–H and O–H groups in total. The van der Waals surface area contributed by atoms with Crippen LogP contribution in [-0.2, 0) is 25.4 Å². The fourth-order valence-corrected chi connectivity index (χ4v) is 4.73. The summed E-state index contributed by atoms with van der Waals surface area (Å²) in [5.41, 5.74) is 0.476. The molecule has 35 heavy (non-hydrogen) atoms. The van der Waals surface area contributed by atoms with E-state index in [1.54, 1.807) is 11.9 Å². The molecule has 0 unspecified atom stereocenters. The zero-order valence-electron chi connectivity index (χ0n) is 20.8. The average Bonchev–Trinajstić information content (AvgIpc) is 2.74. The first-order valence-corrected chi connectivity index (χ1v) is 14.0. The largest absolute Gasteiger partial charge is 0.459 e. The number of hydrogen-bond donors (Lipinski definition) is 0. The Hall–Kier alpha value is -3.16. The monoisotopic (exact) mass is 508 g/mol. The van der Waals surface area contributed by atoms with Crippen molar-refractivity contribution in [2.24, 2.45) is 0 Å². The summed E-state index contributed by atoms with van der Waals surface area (Å²) >= 11 is 0. The molecule has 1 aliphatic heterocycles. The first-order chi connectivity index (χ1) is 16.1. The maximum Gasteiger partial charge on any atom is 0.327 e. The number of ether oxygens (including phenoxy) is 1. The van der Waals surface area contributed by atoms with Crippen LogP contribution >= 0.6 is 0 Å². The molecule has 1 aromatic carbocycles. The van der Waals surface area contributed by atoms with Gasteiger partial charge in [-0.25, -0.2) is 0 Å². The number of nitro groups is 2. The maximum absolute atomic E-state index is 12.9. The summed E-state index contributed by atoms with van der Waals surface area (Å²) in [5, 5.41) is 24.1. The van der Waals surface area contributed by atoms with E-state index in [0.29, 0.717) is 5.56 Å². The molecule has 12 nitrogen and oxygen atoms in total. The van der Waals surface area contributed by atoms with E-state index in [1.807, 2.05) is 0 Å². The first-order valence-electron chi connectivity index (χ1n) is 11.1. The van der Waals surface area contributed by atoms with Crippen molar-refractivity contribution in [1.29, 1.82) is 0 Å². The number of hydrazine groups is 1. The zero-order chi connectivity index (χ0) is 26.6. The van der Waals surface area contributed by atoms with Crippen molar-refractivity contribution in [3.8, 4) is 0 Å². The first kappa shape index (κ1) is 28.1. The normalized spacial score (nSPS) is 17.8. The van der Waals surface area contributed by atoms with Gasteiger partial charge in [0.25, 0.3) is 11.6 Å². The molecule has 1 saturated heterocycles. The number of nitro benzene ring substituents is 1. The van der Waals surface area contributed by atoms with Crippen molar-refractivity contribution >= 4 is 25.9 Å². The van der Waals surface area contributed by atoms with Gasteiger partial charge in [-0.15, -0.1) is 0 Å². The third kappa shape index (κ3) is 7.16. The molecule has 0 aromatic heterocycles. The Balaban J connectivity index is 2.06. The number of amides is 1. The number of carbonyl (C=O) groups is 2. The number of nitrogens with zero attached hydrogens (tertiary/aromatic N) is 4. The van der Waals surface area contributed by atoms with E-state index in [9.17, 15) is 29.8 Å². The highest BCUT2D eigenvalue weighted by molar-refractivity contribution is 6.74. The Labute approximate surface area is 204 Å². The van der Waals surface area contributed by atoms with Gasteiger partial charge in [-0.2, -0.15) is 5.01 Å². The Morgan fingerprint density at radius 2 is 1.80 bits per heavy atom. The molecular weight excluding hydrogens is 476 g/mol. The molecule has 2 atom stereocenters. The van der Waals surface area contributed by atoms with Crippen LogP contribution in [0, 0.1) is 20.2 Å². The highest BCUT2D eigenvalue weighted by atomic mass is 28.4. The molecule has 192 valence electrons. The number of benzene rings is 1. The molecule has 0 spiro atoms. The summed E-state index contributed by atoms with van der Waals surface area (Å²) in [5.74, 6) is -1.02. The van der Waals surface area contributed by atoms with Gasteiger partial charge in [0.1, 0.15) is 19.2 Å². The molecule has 13 heteroatoms. The SMILES string of the molecule is C[C@@H](O[Si](C)(C)C(C)(C)C)[C@H]1C(=O)N(CC(=O)OCc2ccc([N+](=O)[O-])cc2)N1C/C=C/[N+](=O)[O-]. The molecule has 2 rings (SSSR count). The quantitative estimate of drug-likeness (QED) is 0.190. The Kier molecular flexibility index (Phi) is 8.87. The predicted molar refractivity (Wildman–Crippen MR) is 129 cm³/mol. The van der Waals surface area contributed by atoms with Crippen LogP contribution in [0.3, 0.4) is 0 Å². The zero-order valence-corrected chi connectivity index (χ0v) is 21.8.